The number of anilines is 1. The van der Waals surface area contributed by atoms with Crippen molar-refractivity contribution in [3.63, 3.8) is 0 Å². The molecular weight excluding hydrogens is 252 g/mol. The molecular formula is C14H22N6. The smallest absolute Gasteiger partial charge is 0.157 e. The summed E-state index contributed by atoms with van der Waals surface area (Å²) in [4.78, 5) is 9.12. The van der Waals surface area contributed by atoms with Gasteiger partial charge in [0.2, 0.25) is 0 Å². The third kappa shape index (κ3) is 2.36. The summed E-state index contributed by atoms with van der Waals surface area (Å²) in [7, 11) is 0. The number of aromatic nitrogens is 3. The summed E-state index contributed by atoms with van der Waals surface area (Å²) < 4.78 is 1.93. The Balaban J connectivity index is 1.81. The van der Waals surface area contributed by atoms with E-state index < -0.39 is 0 Å². The molecule has 0 aliphatic carbocycles. The number of pyridine rings is 1. The van der Waals surface area contributed by atoms with Crippen molar-refractivity contribution in [1.82, 2.24) is 19.5 Å². The van der Waals surface area contributed by atoms with Gasteiger partial charge < -0.3 is 10.6 Å². The third-order valence-electron chi connectivity index (χ3n) is 4.11. The van der Waals surface area contributed by atoms with E-state index in [0.717, 1.165) is 44.2 Å². The van der Waals surface area contributed by atoms with Crippen LogP contribution in [0.4, 0.5) is 5.82 Å². The second-order valence-corrected chi connectivity index (χ2v) is 5.53. The van der Waals surface area contributed by atoms with Gasteiger partial charge in [0.05, 0.1) is 0 Å². The standard InChI is InChI=1S/C14H22N6/c1-11-7-13-16-10-17-20(13)14(8-11)19-5-3-18(4-6-19)12(2)9-15/h7-8,10,12H,3-6,9,15H2,1-2H3. The Kier molecular flexibility index (Phi) is 3.58. The number of nitrogens with two attached hydrogens (primary N) is 1. The first kappa shape index (κ1) is 13.3. The summed E-state index contributed by atoms with van der Waals surface area (Å²) >= 11 is 0. The normalized spacial score (nSPS) is 18.6. The third-order valence-corrected chi connectivity index (χ3v) is 4.11. The minimum Gasteiger partial charge on any atom is -0.354 e. The van der Waals surface area contributed by atoms with Crippen molar-refractivity contribution in [2.45, 2.75) is 19.9 Å². The van der Waals surface area contributed by atoms with E-state index in [1.54, 1.807) is 6.33 Å². The fourth-order valence-corrected chi connectivity index (χ4v) is 2.80. The van der Waals surface area contributed by atoms with E-state index in [1.807, 2.05) is 4.52 Å². The van der Waals surface area contributed by atoms with Gasteiger partial charge in [0.1, 0.15) is 12.1 Å². The molecule has 6 heteroatoms. The van der Waals surface area contributed by atoms with Crippen LogP contribution in [0.15, 0.2) is 18.5 Å². The fraction of sp³-hybridized carbons (Fsp3) is 0.571. The Morgan fingerprint density at radius 1 is 1.25 bits per heavy atom. The van der Waals surface area contributed by atoms with Crippen LogP contribution in [-0.2, 0) is 0 Å². The number of hydrogen-bond acceptors (Lipinski definition) is 5. The second kappa shape index (κ2) is 5.38. The van der Waals surface area contributed by atoms with Crippen molar-refractivity contribution in [3.05, 3.63) is 24.0 Å². The molecule has 0 bridgehead atoms. The van der Waals surface area contributed by atoms with Crippen molar-refractivity contribution in [2.75, 3.05) is 37.6 Å². The van der Waals surface area contributed by atoms with E-state index >= 15 is 0 Å². The molecule has 1 saturated heterocycles. The van der Waals surface area contributed by atoms with Crippen LogP contribution in [0, 0.1) is 6.92 Å². The minimum absolute atomic E-state index is 0.459. The van der Waals surface area contributed by atoms with Crippen molar-refractivity contribution >= 4 is 11.5 Å². The maximum Gasteiger partial charge on any atom is 0.157 e. The topological polar surface area (TPSA) is 62.7 Å². The first-order chi connectivity index (χ1) is 9.69. The van der Waals surface area contributed by atoms with E-state index in [-0.39, 0.29) is 0 Å². The molecule has 0 radical (unpaired) electrons. The number of nitrogens with zero attached hydrogens (tertiary/aromatic N) is 5. The summed E-state index contributed by atoms with van der Waals surface area (Å²) in [5, 5.41) is 4.34. The fourth-order valence-electron chi connectivity index (χ4n) is 2.80. The number of piperazine rings is 1. The Bertz CT molecular complexity index is 584. The van der Waals surface area contributed by atoms with Crippen LogP contribution in [0.2, 0.25) is 0 Å². The molecule has 3 rings (SSSR count). The maximum absolute atomic E-state index is 5.75. The van der Waals surface area contributed by atoms with Gasteiger partial charge in [0.25, 0.3) is 0 Å². The largest absolute Gasteiger partial charge is 0.354 e. The van der Waals surface area contributed by atoms with E-state index in [1.165, 1.54) is 5.56 Å². The highest BCUT2D eigenvalue weighted by Gasteiger charge is 2.22. The van der Waals surface area contributed by atoms with Gasteiger partial charge in [-0.25, -0.2) is 4.98 Å². The zero-order chi connectivity index (χ0) is 14.1. The van der Waals surface area contributed by atoms with Gasteiger partial charge in [0.15, 0.2) is 5.65 Å². The molecule has 0 saturated carbocycles. The molecule has 2 aromatic rings. The maximum atomic E-state index is 5.75. The molecule has 1 aliphatic rings. The average molecular weight is 274 g/mol. The highest BCUT2D eigenvalue weighted by molar-refractivity contribution is 5.53. The SMILES string of the molecule is Cc1cc(N2CCN(C(C)CN)CC2)n2ncnc2c1. The van der Waals surface area contributed by atoms with E-state index in [4.69, 9.17) is 5.73 Å². The molecule has 20 heavy (non-hydrogen) atoms. The van der Waals surface area contributed by atoms with Crippen LogP contribution in [0.5, 0.6) is 0 Å². The molecule has 1 fully saturated rings. The summed E-state index contributed by atoms with van der Waals surface area (Å²) in [5.74, 6) is 1.14. The van der Waals surface area contributed by atoms with Crippen LogP contribution in [0.25, 0.3) is 5.65 Å². The Hall–Kier alpha value is -1.66. The van der Waals surface area contributed by atoms with Crippen LogP contribution >= 0.6 is 0 Å². The molecule has 1 unspecified atom stereocenters. The van der Waals surface area contributed by atoms with Gasteiger partial charge in [-0.1, -0.05) is 0 Å². The lowest BCUT2D eigenvalue weighted by Gasteiger charge is -2.38. The lowest BCUT2D eigenvalue weighted by molar-refractivity contribution is 0.201. The molecule has 0 aromatic carbocycles. The van der Waals surface area contributed by atoms with E-state index in [2.05, 4.69) is 45.9 Å². The van der Waals surface area contributed by atoms with Gasteiger partial charge in [-0.3, -0.25) is 4.90 Å². The van der Waals surface area contributed by atoms with Gasteiger partial charge >= 0.3 is 0 Å². The second-order valence-electron chi connectivity index (χ2n) is 5.53. The van der Waals surface area contributed by atoms with Gasteiger partial charge in [-0.05, 0) is 31.5 Å². The predicted octanol–water partition coefficient (Wildman–Crippen LogP) is 0.507. The highest BCUT2D eigenvalue weighted by Crippen LogP contribution is 2.20. The van der Waals surface area contributed by atoms with E-state index in [0.29, 0.717) is 6.04 Å². The van der Waals surface area contributed by atoms with Crippen LogP contribution in [0.3, 0.4) is 0 Å². The Morgan fingerprint density at radius 2 is 2.00 bits per heavy atom. The zero-order valence-electron chi connectivity index (χ0n) is 12.2. The lowest BCUT2D eigenvalue weighted by atomic mass is 10.2. The van der Waals surface area contributed by atoms with Gasteiger partial charge in [0, 0.05) is 38.8 Å². The predicted molar refractivity (Wildman–Crippen MR) is 80.0 cm³/mol. The van der Waals surface area contributed by atoms with Crippen LogP contribution in [-0.4, -0.2) is 58.3 Å². The Labute approximate surface area is 119 Å². The number of fused-ring (bicyclic) bond motifs is 1. The van der Waals surface area contributed by atoms with Gasteiger partial charge in [-0.15, -0.1) is 0 Å². The Morgan fingerprint density at radius 3 is 2.70 bits per heavy atom. The molecule has 6 nitrogen and oxygen atoms in total. The van der Waals surface area contributed by atoms with Crippen LogP contribution < -0.4 is 10.6 Å². The quantitative estimate of drug-likeness (QED) is 0.883. The molecule has 2 N–H and O–H groups in total. The van der Waals surface area contributed by atoms with Crippen LogP contribution in [0.1, 0.15) is 12.5 Å². The first-order valence-electron chi connectivity index (χ1n) is 7.18. The van der Waals surface area contributed by atoms with Gasteiger partial charge in [-0.2, -0.15) is 9.61 Å². The summed E-state index contributed by atoms with van der Waals surface area (Å²) in [6, 6.07) is 4.70. The molecule has 3 heterocycles. The van der Waals surface area contributed by atoms with Crippen molar-refractivity contribution in [1.29, 1.82) is 0 Å². The van der Waals surface area contributed by atoms with Crippen molar-refractivity contribution in [3.8, 4) is 0 Å². The molecule has 108 valence electrons. The molecule has 0 spiro atoms. The van der Waals surface area contributed by atoms with Crippen molar-refractivity contribution in [2.24, 2.45) is 5.73 Å². The van der Waals surface area contributed by atoms with E-state index in [9.17, 15) is 0 Å². The summed E-state index contributed by atoms with van der Waals surface area (Å²) in [6.07, 6.45) is 1.62. The number of aryl methyl sites for hydroxylation is 1. The molecule has 2 aromatic heterocycles. The highest BCUT2D eigenvalue weighted by atomic mass is 15.4. The minimum atomic E-state index is 0.459. The first-order valence-corrected chi connectivity index (χ1v) is 7.18. The number of rotatable bonds is 3. The average Bonchev–Trinajstić information content (AvgIpc) is 2.94. The lowest BCUT2D eigenvalue weighted by Crippen LogP contribution is -2.51. The molecule has 1 atom stereocenters. The zero-order valence-corrected chi connectivity index (χ0v) is 12.2. The van der Waals surface area contributed by atoms with Crippen molar-refractivity contribution < 1.29 is 0 Å². The molecule has 0 amide bonds. The number of hydrogen-bond donors (Lipinski definition) is 1. The molecule has 1 aliphatic heterocycles. The summed E-state index contributed by atoms with van der Waals surface area (Å²) in [6.45, 7) is 9.11. The summed E-state index contributed by atoms with van der Waals surface area (Å²) in [5.41, 5.74) is 7.89. The monoisotopic (exact) mass is 274 g/mol.